The van der Waals surface area contributed by atoms with Crippen LogP contribution >= 0.6 is 0 Å². The first-order valence-corrected chi connectivity index (χ1v) is 6.84. The quantitative estimate of drug-likeness (QED) is 0.794. The Balaban J connectivity index is 2.15. The van der Waals surface area contributed by atoms with Gasteiger partial charge in [-0.15, -0.1) is 0 Å². The molecule has 3 unspecified atom stereocenters. The van der Waals surface area contributed by atoms with E-state index in [0.717, 1.165) is 36.1 Å². The van der Waals surface area contributed by atoms with Gasteiger partial charge in [-0.25, -0.2) is 0 Å². The Bertz CT molecular complexity index is 447. The van der Waals surface area contributed by atoms with Gasteiger partial charge in [-0.2, -0.15) is 5.26 Å². The minimum atomic E-state index is 0.605. The summed E-state index contributed by atoms with van der Waals surface area (Å²) < 4.78 is 0. The van der Waals surface area contributed by atoms with Crippen LogP contribution in [0.1, 0.15) is 38.3 Å². The van der Waals surface area contributed by atoms with Crippen LogP contribution in [0.5, 0.6) is 0 Å². The van der Waals surface area contributed by atoms with Crippen molar-refractivity contribution in [2.24, 2.45) is 11.8 Å². The number of nitriles is 1. The molecule has 0 N–H and O–H groups in total. The minimum Gasteiger partial charge on any atom is -0.296 e. The molecule has 18 heavy (non-hydrogen) atoms. The summed E-state index contributed by atoms with van der Waals surface area (Å²) in [4.78, 5) is 2.52. The molecule has 0 aliphatic carbocycles. The van der Waals surface area contributed by atoms with Gasteiger partial charge in [0, 0.05) is 19.1 Å². The van der Waals surface area contributed by atoms with E-state index >= 15 is 0 Å². The lowest BCUT2D eigenvalue weighted by Crippen LogP contribution is -2.45. The summed E-state index contributed by atoms with van der Waals surface area (Å²) in [5, 5.41) is 9.15. The van der Waals surface area contributed by atoms with Crippen molar-refractivity contribution in [1.29, 1.82) is 5.26 Å². The fourth-order valence-electron chi connectivity index (χ4n) is 3.03. The lowest BCUT2D eigenvalue weighted by Gasteiger charge is -2.41. The predicted molar refractivity (Wildman–Crippen MR) is 74.0 cm³/mol. The van der Waals surface area contributed by atoms with Crippen LogP contribution in [0.3, 0.4) is 0 Å². The van der Waals surface area contributed by atoms with E-state index in [1.165, 1.54) is 6.42 Å². The van der Waals surface area contributed by atoms with Crippen molar-refractivity contribution in [3.05, 3.63) is 35.4 Å². The van der Waals surface area contributed by atoms with Crippen LogP contribution in [-0.4, -0.2) is 17.5 Å². The van der Waals surface area contributed by atoms with Crippen LogP contribution < -0.4 is 0 Å². The van der Waals surface area contributed by atoms with Crippen molar-refractivity contribution >= 4 is 0 Å². The standard InChI is InChI=1S/C16H22N2/c1-12-8-13(2)14(3)18(10-12)11-16-7-5-4-6-15(16)9-17/h4-7,12-14H,8,10-11H2,1-3H3. The molecule has 2 nitrogen and oxygen atoms in total. The molecule has 1 fully saturated rings. The Morgan fingerprint density at radius 3 is 2.72 bits per heavy atom. The van der Waals surface area contributed by atoms with Gasteiger partial charge in [0.25, 0.3) is 0 Å². The molecular weight excluding hydrogens is 220 g/mol. The maximum absolute atomic E-state index is 9.15. The summed E-state index contributed by atoms with van der Waals surface area (Å²) >= 11 is 0. The van der Waals surface area contributed by atoms with Gasteiger partial charge in [-0.3, -0.25) is 4.90 Å². The third-order valence-electron chi connectivity index (χ3n) is 4.23. The van der Waals surface area contributed by atoms with Crippen LogP contribution in [0.4, 0.5) is 0 Å². The number of nitrogens with zero attached hydrogens (tertiary/aromatic N) is 2. The monoisotopic (exact) mass is 242 g/mol. The number of rotatable bonds is 2. The topological polar surface area (TPSA) is 27.0 Å². The molecule has 0 amide bonds. The predicted octanol–water partition coefficient (Wildman–Crippen LogP) is 3.42. The number of likely N-dealkylation sites (tertiary alicyclic amines) is 1. The first-order chi connectivity index (χ1) is 8.61. The number of hydrogen-bond donors (Lipinski definition) is 0. The highest BCUT2D eigenvalue weighted by Gasteiger charge is 2.28. The zero-order chi connectivity index (χ0) is 13.1. The molecule has 0 aromatic heterocycles. The second kappa shape index (κ2) is 5.54. The highest BCUT2D eigenvalue weighted by atomic mass is 15.2. The lowest BCUT2D eigenvalue weighted by molar-refractivity contribution is 0.0729. The summed E-state index contributed by atoms with van der Waals surface area (Å²) in [7, 11) is 0. The minimum absolute atomic E-state index is 0.605. The van der Waals surface area contributed by atoms with E-state index in [-0.39, 0.29) is 0 Å². The van der Waals surface area contributed by atoms with E-state index in [9.17, 15) is 0 Å². The molecule has 2 rings (SSSR count). The molecule has 96 valence electrons. The zero-order valence-electron chi connectivity index (χ0n) is 11.6. The summed E-state index contributed by atoms with van der Waals surface area (Å²) in [6.07, 6.45) is 1.32. The van der Waals surface area contributed by atoms with Crippen molar-refractivity contribution in [3.63, 3.8) is 0 Å². The zero-order valence-corrected chi connectivity index (χ0v) is 11.6. The molecule has 0 bridgehead atoms. The second-order valence-electron chi connectivity index (χ2n) is 5.76. The van der Waals surface area contributed by atoms with Crippen molar-refractivity contribution in [3.8, 4) is 6.07 Å². The van der Waals surface area contributed by atoms with Gasteiger partial charge in [0.1, 0.15) is 0 Å². The number of piperidine rings is 1. The molecule has 1 saturated heterocycles. The van der Waals surface area contributed by atoms with Crippen LogP contribution in [-0.2, 0) is 6.54 Å². The molecule has 1 heterocycles. The van der Waals surface area contributed by atoms with Gasteiger partial charge in [-0.1, -0.05) is 32.0 Å². The summed E-state index contributed by atoms with van der Waals surface area (Å²) in [6.45, 7) is 9.02. The fourth-order valence-corrected chi connectivity index (χ4v) is 3.03. The van der Waals surface area contributed by atoms with Gasteiger partial charge >= 0.3 is 0 Å². The van der Waals surface area contributed by atoms with E-state index in [2.05, 4.69) is 37.8 Å². The molecular formula is C16H22N2. The Labute approximate surface area is 110 Å². The first-order valence-electron chi connectivity index (χ1n) is 6.84. The summed E-state index contributed by atoms with van der Waals surface area (Å²) in [5.74, 6) is 1.49. The van der Waals surface area contributed by atoms with E-state index < -0.39 is 0 Å². The molecule has 2 heteroatoms. The molecule has 0 saturated carbocycles. The average molecular weight is 242 g/mol. The average Bonchev–Trinajstić information content (AvgIpc) is 2.36. The van der Waals surface area contributed by atoms with Crippen molar-refractivity contribution in [2.45, 2.75) is 39.8 Å². The number of benzene rings is 1. The molecule has 1 aliphatic heterocycles. The first kappa shape index (κ1) is 13.1. The van der Waals surface area contributed by atoms with Gasteiger partial charge in [0.2, 0.25) is 0 Å². The Morgan fingerprint density at radius 1 is 1.28 bits per heavy atom. The fraction of sp³-hybridized carbons (Fsp3) is 0.562. The highest BCUT2D eigenvalue weighted by Crippen LogP contribution is 2.28. The molecule has 1 aliphatic rings. The summed E-state index contributed by atoms with van der Waals surface area (Å²) in [5.41, 5.74) is 1.98. The normalized spacial score (nSPS) is 28.9. The SMILES string of the molecule is CC1CC(C)C(C)N(Cc2ccccc2C#N)C1. The van der Waals surface area contributed by atoms with Crippen molar-refractivity contribution in [2.75, 3.05) is 6.54 Å². The van der Waals surface area contributed by atoms with E-state index in [1.54, 1.807) is 0 Å². The van der Waals surface area contributed by atoms with Crippen molar-refractivity contribution < 1.29 is 0 Å². The molecule has 3 atom stereocenters. The van der Waals surface area contributed by atoms with Crippen LogP contribution in [0, 0.1) is 23.2 Å². The molecule has 0 radical (unpaired) electrons. The third kappa shape index (κ3) is 2.73. The largest absolute Gasteiger partial charge is 0.296 e. The number of hydrogen-bond acceptors (Lipinski definition) is 2. The lowest BCUT2D eigenvalue weighted by atomic mass is 9.85. The maximum Gasteiger partial charge on any atom is 0.0995 e. The molecule has 0 spiro atoms. The second-order valence-corrected chi connectivity index (χ2v) is 5.76. The van der Waals surface area contributed by atoms with Gasteiger partial charge < -0.3 is 0 Å². The summed E-state index contributed by atoms with van der Waals surface area (Å²) in [6, 6.07) is 10.9. The highest BCUT2D eigenvalue weighted by molar-refractivity contribution is 5.37. The third-order valence-corrected chi connectivity index (χ3v) is 4.23. The van der Waals surface area contributed by atoms with Gasteiger partial charge in [0.15, 0.2) is 0 Å². The van der Waals surface area contributed by atoms with Crippen LogP contribution in [0.15, 0.2) is 24.3 Å². The molecule has 1 aromatic carbocycles. The van der Waals surface area contributed by atoms with E-state index in [0.29, 0.717) is 6.04 Å². The molecule has 1 aromatic rings. The smallest absolute Gasteiger partial charge is 0.0995 e. The van der Waals surface area contributed by atoms with E-state index in [4.69, 9.17) is 5.26 Å². The van der Waals surface area contributed by atoms with E-state index in [1.807, 2.05) is 18.2 Å². The van der Waals surface area contributed by atoms with Crippen LogP contribution in [0.2, 0.25) is 0 Å². The van der Waals surface area contributed by atoms with Gasteiger partial charge in [-0.05, 0) is 36.8 Å². The maximum atomic E-state index is 9.15. The Hall–Kier alpha value is -1.33. The van der Waals surface area contributed by atoms with Crippen molar-refractivity contribution in [1.82, 2.24) is 4.90 Å². The van der Waals surface area contributed by atoms with Gasteiger partial charge in [0.05, 0.1) is 11.6 Å². The van der Waals surface area contributed by atoms with Crippen LogP contribution in [0.25, 0.3) is 0 Å². The Kier molecular flexibility index (Phi) is 4.04. The Morgan fingerprint density at radius 2 is 2.00 bits per heavy atom.